The molecule has 0 saturated carbocycles. The number of alkyl halides is 10. The lowest BCUT2D eigenvalue weighted by atomic mass is 9.99. The maximum absolute atomic E-state index is 15.2. The summed E-state index contributed by atoms with van der Waals surface area (Å²) in [6.07, 6.45) is -7.07. The van der Waals surface area contributed by atoms with Crippen LogP contribution in [-0.4, -0.2) is 29.9 Å². The van der Waals surface area contributed by atoms with E-state index in [4.69, 9.17) is 0 Å². The topological polar surface area (TPSA) is 24.1 Å². The average Bonchev–Trinajstić information content (AvgIpc) is 2.62. The quantitative estimate of drug-likeness (QED) is 0.304. The van der Waals surface area contributed by atoms with Crippen molar-refractivity contribution < 1.29 is 43.9 Å². The molecule has 160 valence electrons. The Labute approximate surface area is 157 Å². The highest BCUT2D eigenvalue weighted by atomic mass is 19.4. The van der Waals surface area contributed by atoms with Gasteiger partial charge in [0.15, 0.2) is 0 Å². The number of nitrogens with one attached hydrogen (secondary N) is 2. The lowest BCUT2D eigenvalue weighted by Gasteiger charge is -2.42. The van der Waals surface area contributed by atoms with Crippen molar-refractivity contribution >= 4 is 11.4 Å². The van der Waals surface area contributed by atoms with Crippen molar-refractivity contribution in [1.82, 2.24) is 0 Å². The summed E-state index contributed by atoms with van der Waals surface area (Å²) in [7, 11) is 0. The Morgan fingerprint density at radius 2 is 0.793 bits per heavy atom. The second-order valence-electron chi connectivity index (χ2n) is 5.86. The average molecular weight is 434 g/mol. The lowest BCUT2D eigenvalue weighted by molar-refractivity contribution is -0.407. The summed E-state index contributed by atoms with van der Waals surface area (Å²) in [6.45, 7) is 0. The van der Waals surface area contributed by atoms with E-state index in [1.807, 2.05) is 0 Å². The molecule has 2 nitrogen and oxygen atoms in total. The van der Waals surface area contributed by atoms with E-state index in [1.54, 1.807) is 0 Å². The van der Waals surface area contributed by atoms with Crippen molar-refractivity contribution in [2.75, 3.05) is 10.6 Å². The van der Waals surface area contributed by atoms with Gasteiger partial charge in [0.2, 0.25) is 0 Å². The molecule has 0 radical (unpaired) electrons. The van der Waals surface area contributed by atoms with Crippen molar-refractivity contribution in [2.45, 2.75) is 29.9 Å². The summed E-state index contributed by atoms with van der Waals surface area (Å²) in [5.74, 6) is -26.0. The van der Waals surface area contributed by atoms with Crippen LogP contribution in [-0.2, 0) is 0 Å². The predicted octanol–water partition coefficient (Wildman–Crippen LogP) is 6.30. The fourth-order valence-corrected chi connectivity index (χ4v) is 2.22. The standard InChI is InChI=1S/C17H12F10N2/c18-13(19,14(20,21)16(24,25)26)15(22,23)17(27,28-11-7-3-1-4-8-11)29-12-9-5-2-6-10-12/h1-10,28-29H. The number of para-hydroxylation sites is 2. The van der Waals surface area contributed by atoms with E-state index in [-0.39, 0.29) is 0 Å². The van der Waals surface area contributed by atoms with Crippen molar-refractivity contribution in [3.8, 4) is 0 Å². The summed E-state index contributed by atoms with van der Waals surface area (Å²) < 4.78 is 135. The SMILES string of the molecule is FC(F)(F)C(F)(F)C(F)(F)C(F)(F)C(F)(Nc1ccccc1)Nc1ccccc1. The van der Waals surface area contributed by atoms with Crippen molar-refractivity contribution in [1.29, 1.82) is 0 Å². The second-order valence-corrected chi connectivity index (χ2v) is 5.86. The Bertz CT molecular complexity index is 764. The highest BCUT2D eigenvalue weighted by molar-refractivity contribution is 5.52. The van der Waals surface area contributed by atoms with Gasteiger partial charge in [-0.2, -0.15) is 43.9 Å². The van der Waals surface area contributed by atoms with Gasteiger partial charge in [-0.05, 0) is 24.3 Å². The summed E-state index contributed by atoms with van der Waals surface area (Å²) in [5, 5.41) is 2.53. The highest BCUT2D eigenvalue weighted by Gasteiger charge is 2.87. The van der Waals surface area contributed by atoms with E-state index in [2.05, 4.69) is 0 Å². The van der Waals surface area contributed by atoms with Crippen LogP contribution in [0.5, 0.6) is 0 Å². The van der Waals surface area contributed by atoms with E-state index >= 15 is 4.39 Å². The fourth-order valence-electron chi connectivity index (χ4n) is 2.22. The monoisotopic (exact) mass is 434 g/mol. The predicted molar refractivity (Wildman–Crippen MR) is 84.9 cm³/mol. The minimum absolute atomic E-state index is 0.593. The van der Waals surface area contributed by atoms with Gasteiger partial charge in [-0.15, -0.1) is 0 Å². The molecule has 2 N–H and O–H groups in total. The zero-order valence-electron chi connectivity index (χ0n) is 14.1. The third-order valence-corrected chi connectivity index (χ3v) is 3.76. The molecule has 0 heterocycles. The molecule has 29 heavy (non-hydrogen) atoms. The van der Waals surface area contributed by atoms with Gasteiger partial charge in [0.25, 0.3) is 0 Å². The molecule has 0 aliphatic carbocycles. The van der Waals surface area contributed by atoms with Crippen LogP contribution >= 0.6 is 0 Å². The molecule has 0 spiro atoms. The van der Waals surface area contributed by atoms with Crippen LogP contribution in [0.15, 0.2) is 60.7 Å². The molecule has 0 atom stereocenters. The van der Waals surface area contributed by atoms with Crippen LogP contribution in [0.3, 0.4) is 0 Å². The van der Waals surface area contributed by atoms with Crippen molar-refractivity contribution in [2.24, 2.45) is 0 Å². The van der Waals surface area contributed by atoms with Crippen LogP contribution in [0.2, 0.25) is 0 Å². The number of anilines is 2. The Morgan fingerprint density at radius 3 is 1.10 bits per heavy atom. The van der Waals surface area contributed by atoms with E-state index in [1.165, 1.54) is 22.8 Å². The summed E-state index contributed by atoms with van der Waals surface area (Å²) in [6, 6.07) is 11.0. The molecule has 0 saturated heterocycles. The smallest absolute Gasteiger partial charge is 0.331 e. The van der Waals surface area contributed by atoms with Gasteiger partial charge >= 0.3 is 29.9 Å². The van der Waals surface area contributed by atoms with Crippen molar-refractivity contribution in [3.63, 3.8) is 0 Å². The Hall–Kier alpha value is -2.66. The minimum Gasteiger partial charge on any atom is -0.331 e. The van der Waals surface area contributed by atoms with Gasteiger partial charge in [0.05, 0.1) is 0 Å². The zero-order chi connectivity index (χ0) is 22.1. The number of benzene rings is 2. The van der Waals surface area contributed by atoms with Gasteiger partial charge in [-0.3, -0.25) is 0 Å². The third-order valence-electron chi connectivity index (χ3n) is 3.76. The molecule has 2 aromatic rings. The van der Waals surface area contributed by atoms with E-state index < -0.39 is 41.2 Å². The molecule has 0 unspecified atom stereocenters. The largest absolute Gasteiger partial charge is 0.460 e. The molecular formula is C17H12F10N2. The Morgan fingerprint density at radius 1 is 0.448 bits per heavy atom. The number of hydrogen-bond donors (Lipinski definition) is 2. The second kappa shape index (κ2) is 7.30. The Kier molecular flexibility index (Phi) is 5.70. The lowest BCUT2D eigenvalue weighted by Crippen LogP contribution is -2.71. The minimum atomic E-state index is -7.24. The normalized spacial score (nSPS) is 13.9. The van der Waals surface area contributed by atoms with Gasteiger partial charge in [-0.1, -0.05) is 36.4 Å². The first-order valence-electron chi connectivity index (χ1n) is 7.71. The molecule has 0 amide bonds. The maximum Gasteiger partial charge on any atom is 0.460 e. The van der Waals surface area contributed by atoms with Gasteiger partial charge < -0.3 is 10.6 Å². The van der Waals surface area contributed by atoms with E-state index in [9.17, 15) is 39.5 Å². The molecule has 12 heteroatoms. The van der Waals surface area contributed by atoms with Crippen molar-refractivity contribution in [3.05, 3.63) is 60.7 Å². The summed E-state index contributed by atoms with van der Waals surface area (Å²) in [4.78, 5) is 0. The molecule has 0 aromatic heterocycles. The van der Waals surface area contributed by atoms with E-state index in [0.29, 0.717) is 0 Å². The van der Waals surface area contributed by atoms with Gasteiger partial charge in [0, 0.05) is 11.4 Å². The Balaban J connectivity index is 2.59. The maximum atomic E-state index is 15.2. The molecule has 0 fully saturated rings. The molecule has 0 aliphatic rings. The summed E-state index contributed by atoms with van der Waals surface area (Å²) in [5.41, 5.74) is -1.19. The number of halogens is 10. The first-order valence-corrected chi connectivity index (χ1v) is 7.71. The number of rotatable bonds is 7. The third kappa shape index (κ3) is 3.92. The highest BCUT2D eigenvalue weighted by Crippen LogP contribution is 2.56. The molecule has 2 rings (SSSR count). The molecular weight excluding hydrogens is 422 g/mol. The fraction of sp³-hybridized carbons (Fsp3) is 0.294. The van der Waals surface area contributed by atoms with Crippen LogP contribution < -0.4 is 10.6 Å². The van der Waals surface area contributed by atoms with Crippen LogP contribution in [0, 0.1) is 0 Å². The molecule has 2 aromatic carbocycles. The van der Waals surface area contributed by atoms with Crippen LogP contribution in [0.25, 0.3) is 0 Å². The van der Waals surface area contributed by atoms with Crippen LogP contribution in [0.4, 0.5) is 55.3 Å². The first-order chi connectivity index (χ1) is 13.2. The summed E-state index contributed by atoms with van der Waals surface area (Å²) >= 11 is 0. The van der Waals surface area contributed by atoms with Crippen LogP contribution in [0.1, 0.15) is 0 Å². The molecule has 0 bridgehead atoms. The van der Waals surface area contributed by atoms with Gasteiger partial charge in [-0.25, -0.2) is 0 Å². The van der Waals surface area contributed by atoms with E-state index in [0.717, 1.165) is 48.5 Å². The van der Waals surface area contributed by atoms with Gasteiger partial charge in [0.1, 0.15) is 0 Å². The number of hydrogen-bond acceptors (Lipinski definition) is 2. The molecule has 0 aliphatic heterocycles. The zero-order valence-corrected chi connectivity index (χ0v) is 14.1. The first kappa shape index (κ1) is 22.6.